The van der Waals surface area contributed by atoms with Gasteiger partial charge in [-0.3, -0.25) is 0 Å². The first-order valence-corrected chi connectivity index (χ1v) is 5.76. The van der Waals surface area contributed by atoms with E-state index in [0.29, 0.717) is 19.6 Å². The van der Waals surface area contributed by atoms with E-state index in [4.69, 9.17) is 19.7 Å². The molecule has 0 radical (unpaired) electrons. The molecule has 0 amide bonds. The number of rotatable bonds is 8. The van der Waals surface area contributed by atoms with E-state index in [1.165, 1.54) is 0 Å². The van der Waals surface area contributed by atoms with Crippen LogP contribution < -0.4 is 4.74 Å². The highest BCUT2D eigenvalue weighted by molar-refractivity contribution is 5.26. The fourth-order valence-electron chi connectivity index (χ4n) is 1.42. The summed E-state index contributed by atoms with van der Waals surface area (Å²) in [6, 6.07) is 7.71. The number of aliphatic hydroxyl groups excluding tert-OH is 2. The molecule has 0 aliphatic carbocycles. The summed E-state index contributed by atoms with van der Waals surface area (Å²) < 4.78 is 10.5. The van der Waals surface area contributed by atoms with Crippen molar-refractivity contribution in [3.05, 3.63) is 29.8 Å². The van der Waals surface area contributed by atoms with Gasteiger partial charge in [-0.1, -0.05) is 12.1 Å². The van der Waals surface area contributed by atoms with Gasteiger partial charge in [0.25, 0.3) is 0 Å². The third-order valence-electron chi connectivity index (χ3n) is 2.46. The molecule has 2 N–H and O–H groups in total. The van der Waals surface area contributed by atoms with E-state index in [1.807, 2.05) is 24.3 Å². The van der Waals surface area contributed by atoms with Crippen LogP contribution in [0.2, 0.25) is 0 Å². The molecule has 0 aliphatic heterocycles. The quantitative estimate of drug-likeness (QED) is 0.673. The first kappa shape index (κ1) is 14.0. The minimum Gasteiger partial charge on any atom is -0.497 e. The molecular weight excluding hydrogens is 220 g/mol. The molecule has 0 fully saturated rings. The Bertz CT molecular complexity index is 297. The van der Waals surface area contributed by atoms with Crippen LogP contribution in [-0.4, -0.2) is 36.6 Å². The van der Waals surface area contributed by atoms with Crippen molar-refractivity contribution in [1.82, 2.24) is 0 Å². The summed E-state index contributed by atoms with van der Waals surface area (Å²) in [5, 5.41) is 17.7. The minimum atomic E-state index is -0.625. The Morgan fingerprint density at radius 3 is 2.53 bits per heavy atom. The minimum absolute atomic E-state index is 0.182. The number of hydrogen-bond acceptors (Lipinski definition) is 4. The van der Waals surface area contributed by atoms with Crippen molar-refractivity contribution in [2.24, 2.45) is 0 Å². The molecule has 0 aromatic heterocycles. The maximum atomic E-state index is 9.11. The Labute approximate surface area is 102 Å². The van der Waals surface area contributed by atoms with Crippen molar-refractivity contribution in [3.8, 4) is 5.75 Å². The highest BCUT2D eigenvalue weighted by Crippen LogP contribution is 2.12. The van der Waals surface area contributed by atoms with Crippen LogP contribution in [0.25, 0.3) is 0 Å². The van der Waals surface area contributed by atoms with Crippen LogP contribution in [0.5, 0.6) is 5.75 Å². The Morgan fingerprint density at radius 1 is 1.24 bits per heavy atom. The second-order valence-electron chi connectivity index (χ2n) is 3.88. The number of methoxy groups -OCH3 is 1. The summed E-state index contributed by atoms with van der Waals surface area (Å²) in [5.41, 5.74) is 1.09. The van der Waals surface area contributed by atoms with Gasteiger partial charge in [0.2, 0.25) is 0 Å². The fraction of sp³-hybridized carbons (Fsp3) is 0.538. The van der Waals surface area contributed by atoms with Crippen molar-refractivity contribution in [2.75, 3.05) is 20.3 Å². The predicted molar refractivity (Wildman–Crippen MR) is 65.0 cm³/mol. The average Bonchev–Trinajstić information content (AvgIpc) is 2.38. The maximum absolute atomic E-state index is 9.11. The highest BCUT2D eigenvalue weighted by Gasteiger charge is 2.01. The van der Waals surface area contributed by atoms with Gasteiger partial charge in [0.05, 0.1) is 26.4 Å². The molecule has 0 saturated heterocycles. The molecule has 1 aromatic carbocycles. The van der Waals surface area contributed by atoms with Gasteiger partial charge in [-0.25, -0.2) is 0 Å². The van der Waals surface area contributed by atoms with Crippen molar-refractivity contribution in [1.29, 1.82) is 0 Å². The van der Waals surface area contributed by atoms with Crippen LogP contribution in [0.1, 0.15) is 18.4 Å². The third-order valence-corrected chi connectivity index (χ3v) is 2.46. The van der Waals surface area contributed by atoms with Gasteiger partial charge in [0.1, 0.15) is 5.75 Å². The fourth-order valence-corrected chi connectivity index (χ4v) is 1.42. The van der Waals surface area contributed by atoms with E-state index in [-0.39, 0.29) is 6.61 Å². The third kappa shape index (κ3) is 5.68. The molecule has 0 saturated carbocycles. The van der Waals surface area contributed by atoms with Gasteiger partial charge < -0.3 is 19.7 Å². The van der Waals surface area contributed by atoms with Crippen molar-refractivity contribution in [2.45, 2.75) is 25.6 Å². The van der Waals surface area contributed by atoms with Crippen molar-refractivity contribution >= 4 is 0 Å². The van der Waals surface area contributed by atoms with Crippen LogP contribution in [0.4, 0.5) is 0 Å². The monoisotopic (exact) mass is 240 g/mol. The molecular formula is C13H20O4. The summed E-state index contributed by atoms with van der Waals surface area (Å²) in [7, 11) is 1.64. The Hall–Kier alpha value is -1.10. The van der Waals surface area contributed by atoms with Crippen LogP contribution in [-0.2, 0) is 11.3 Å². The average molecular weight is 240 g/mol. The van der Waals surface area contributed by atoms with Crippen molar-refractivity contribution < 1.29 is 19.7 Å². The summed E-state index contributed by atoms with van der Waals surface area (Å²) >= 11 is 0. The lowest BCUT2D eigenvalue weighted by Gasteiger charge is -2.08. The first-order chi connectivity index (χ1) is 8.26. The predicted octanol–water partition coefficient (Wildman–Crippen LogP) is 1.35. The summed E-state index contributed by atoms with van der Waals surface area (Å²) in [4.78, 5) is 0. The number of ether oxygens (including phenoxy) is 2. The molecule has 0 heterocycles. The van der Waals surface area contributed by atoms with Crippen LogP contribution in [0.3, 0.4) is 0 Å². The molecule has 1 rings (SSSR count). The van der Waals surface area contributed by atoms with Crippen molar-refractivity contribution in [3.63, 3.8) is 0 Å². The van der Waals surface area contributed by atoms with E-state index >= 15 is 0 Å². The SMILES string of the molecule is COc1ccc(COCCC[C@H](O)CO)cc1. The molecule has 96 valence electrons. The topological polar surface area (TPSA) is 58.9 Å². The number of hydrogen-bond donors (Lipinski definition) is 2. The normalized spacial score (nSPS) is 12.4. The molecule has 17 heavy (non-hydrogen) atoms. The maximum Gasteiger partial charge on any atom is 0.118 e. The van der Waals surface area contributed by atoms with E-state index in [2.05, 4.69) is 0 Å². The molecule has 4 nitrogen and oxygen atoms in total. The molecule has 0 aliphatic rings. The lowest BCUT2D eigenvalue weighted by Crippen LogP contribution is -2.12. The van der Waals surface area contributed by atoms with Crippen LogP contribution >= 0.6 is 0 Å². The zero-order valence-corrected chi connectivity index (χ0v) is 10.1. The number of aliphatic hydroxyl groups is 2. The summed E-state index contributed by atoms with van der Waals surface area (Å²) in [6.45, 7) is 0.959. The standard InChI is InChI=1S/C13H20O4/c1-16-13-6-4-11(5-7-13)10-17-8-2-3-12(15)9-14/h4-7,12,14-15H,2-3,8-10H2,1H3/t12-/m0/s1. The van der Waals surface area contributed by atoms with E-state index in [9.17, 15) is 0 Å². The molecule has 1 atom stereocenters. The zero-order chi connectivity index (χ0) is 12.5. The molecule has 0 spiro atoms. The van der Waals surface area contributed by atoms with E-state index in [1.54, 1.807) is 7.11 Å². The highest BCUT2D eigenvalue weighted by atomic mass is 16.5. The van der Waals surface area contributed by atoms with Crippen LogP contribution in [0, 0.1) is 0 Å². The lowest BCUT2D eigenvalue weighted by atomic mass is 10.2. The second-order valence-corrected chi connectivity index (χ2v) is 3.88. The van der Waals surface area contributed by atoms with E-state index < -0.39 is 6.10 Å². The summed E-state index contributed by atoms with van der Waals surface area (Å²) in [5.74, 6) is 0.833. The smallest absolute Gasteiger partial charge is 0.118 e. The second kappa shape index (κ2) is 8.06. The van der Waals surface area contributed by atoms with Gasteiger partial charge >= 0.3 is 0 Å². The lowest BCUT2D eigenvalue weighted by molar-refractivity contribution is 0.0667. The molecule has 0 unspecified atom stereocenters. The van der Waals surface area contributed by atoms with Gasteiger partial charge in [-0.05, 0) is 30.5 Å². The van der Waals surface area contributed by atoms with Gasteiger partial charge in [0.15, 0.2) is 0 Å². The van der Waals surface area contributed by atoms with Crippen LogP contribution in [0.15, 0.2) is 24.3 Å². The Kier molecular flexibility index (Phi) is 6.62. The Balaban J connectivity index is 2.13. The first-order valence-electron chi connectivity index (χ1n) is 5.76. The largest absolute Gasteiger partial charge is 0.497 e. The molecule has 1 aromatic rings. The zero-order valence-electron chi connectivity index (χ0n) is 10.1. The number of benzene rings is 1. The van der Waals surface area contributed by atoms with Gasteiger partial charge in [-0.2, -0.15) is 0 Å². The summed E-state index contributed by atoms with van der Waals surface area (Å²) in [6.07, 6.45) is 0.691. The molecule has 4 heteroatoms. The van der Waals surface area contributed by atoms with E-state index in [0.717, 1.165) is 17.7 Å². The molecule has 0 bridgehead atoms. The Morgan fingerprint density at radius 2 is 1.94 bits per heavy atom. The van der Waals surface area contributed by atoms with Gasteiger partial charge in [0, 0.05) is 6.61 Å². The van der Waals surface area contributed by atoms with Gasteiger partial charge in [-0.15, -0.1) is 0 Å².